The van der Waals surface area contributed by atoms with Gasteiger partial charge >= 0.3 is 39.6 Å². The Bertz CT molecular complexity index is 502. The molecule has 0 spiro atoms. The Labute approximate surface area is 141 Å². The SMILES string of the molecule is O=[P+]([O-])O[P+](=O)[O-].[Mg+2].c1ccc(Cc2ccccc2)cc1. The van der Waals surface area contributed by atoms with Crippen LogP contribution in [-0.4, -0.2) is 23.1 Å². The van der Waals surface area contributed by atoms with Gasteiger partial charge in [-0.1, -0.05) is 60.7 Å². The molecule has 0 bridgehead atoms. The molecule has 2 rings (SSSR count). The van der Waals surface area contributed by atoms with Crippen LogP contribution in [0.3, 0.4) is 0 Å². The van der Waals surface area contributed by atoms with E-state index in [0.717, 1.165) is 6.42 Å². The average molecular weight is 334 g/mol. The Morgan fingerprint density at radius 2 is 1.10 bits per heavy atom. The molecule has 104 valence electrons. The summed E-state index contributed by atoms with van der Waals surface area (Å²) in [7, 11) is -6.47. The molecule has 0 heterocycles. The third kappa shape index (κ3) is 10.6. The first-order chi connectivity index (χ1) is 9.58. The van der Waals surface area contributed by atoms with Crippen LogP contribution in [0.5, 0.6) is 0 Å². The third-order valence-corrected chi connectivity index (χ3v) is 3.29. The fraction of sp³-hybridized carbons (Fsp3) is 0.0769. The van der Waals surface area contributed by atoms with E-state index in [4.69, 9.17) is 0 Å². The molecule has 0 aliphatic carbocycles. The van der Waals surface area contributed by atoms with Crippen molar-refractivity contribution in [2.24, 2.45) is 0 Å². The summed E-state index contributed by atoms with van der Waals surface area (Å²) in [5.41, 5.74) is 2.74. The predicted molar refractivity (Wildman–Crippen MR) is 77.7 cm³/mol. The van der Waals surface area contributed by atoms with E-state index in [-0.39, 0.29) is 23.1 Å². The number of hydrogen-bond donors (Lipinski definition) is 0. The van der Waals surface area contributed by atoms with Gasteiger partial charge in [-0.05, 0) is 26.7 Å². The molecule has 0 saturated heterocycles. The minimum Gasteiger partial charge on any atom is -0.563 e. The molecule has 0 aliphatic rings. The Kier molecular flexibility index (Phi) is 11.5. The maximum absolute atomic E-state index is 9.24. The molecule has 0 aromatic heterocycles. The van der Waals surface area contributed by atoms with Crippen LogP contribution in [0.4, 0.5) is 0 Å². The van der Waals surface area contributed by atoms with Crippen molar-refractivity contribution in [1.82, 2.24) is 0 Å². The van der Waals surface area contributed by atoms with Crippen molar-refractivity contribution in [2.75, 3.05) is 0 Å². The van der Waals surface area contributed by atoms with E-state index < -0.39 is 16.5 Å². The van der Waals surface area contributed by atoms with Crippen LogP contribution in [0, 0.1) is 0 Å². The summed E-state index contributed by atoms with van der Waals surface area (Å²) < 4.78 is 21.6. The first kappa shape index (κ1) is 20.3. The van der Waals surface area contributed by atoms with Crippen molar-refractivity contribution < 1.29 is 23.2 Å². The molecule has 0 saturated carbocycles. The zero-order valence-electron chi connectivity index (χ0n) is 11.1. The second-order valence-electron chi connectivity index (χ2n) is 3.68. The Morgan fingerprint density at radius 3 is 1.33 bits per heavy atom. The zero-order valence-corrected chi connectivity index (χ0v) is 14.3. The van der Waals surface area contributed by atoms with E-state index in [1.807, 2.05) is 0 Å². The fourth-order valence-corrected chi connectivity index (χ4v) is 1.92. The molecule has 2 unspecified atom stereocenters. The van der Waals surface area contributed by atoms with Crippen LogP contribution in [0.25, 0.3) is 0 Å². The predicted octanol–water partition coefficient (Wildman–Crippen LogP) is 1.93. The Hall–Kier alpha value is -0.714. The van der Waals surface area contributed by atoms with Crippen molar-refractivity contribution in [3.8, 4) is 0 Å². The van der Waals surface area contributed by atoms with Gasteiger partial charge in [0.05, 0.1) is 0 Å². The molecule has 0 radical (unpaired) electrons. The molecule has 0 aliphatic heterocycles. The molecular formula is C13H12MgO5P2+2. The number of hydrogen-bond acceptors (Lipinski definition) is 5. The fourth-order valence-electron chi connectivity index (χ4n) is 1.48. The molecule has 21 heavy (non-hydrogen) atoms. The van der Waals surface area contributed by atoms with Crippen LogP contribution < -0.4 is 9.79 Å². The summed E-state index contributed by atoms with van der Waals surface area (Å²) in [6.07, 6.45) is 1.03. The van der Waals surface area contributed by atoms with Crippen LogP contribution in [-0.2, 0) is 19.9 Å². The average Bonchev–Trinajstić information content (AvgIpc) is 2.40. The zero-order chi connectivity index (χ0) is 14.8. The smallest absolute Gasteiger partial charge is 0.563 e. The van der Waals surface area contributed by atoms with Gasteiger partial charge in [0.25, 0.3) is 0 Å². The molecule has 0 fully saturated rings. The van der Waals surface area contributed by atoms with Gasteiger partial charge in [0.2, 0.25) is 0 Å². The first-order valence-corrected chi connectivity index (χ1v) is 7.81. The topological polar surface area (TPSA) is 89.5 Å². The summed E-state index contributed by atoms with van der Waals surface area (Å²) in [5.74, 6) is 0. The van der Waals surface area contributed by atoms with Gasteiger partial charge in [0.15, 0.2) is 0 Å². The maximum atomic E-state index is 9.24. The summed E-state index contributed by atoms with van der Waals surface area (Å²) in [4.78, 5) is 18.5. The second kappa shape index (κ2) is 11.9. The van der Waals surface area contributed by atoms with Gasteiger partial charge in [-0.3, -0.25) is 0 Å². The molecule has 2 aromatic carbocycles. The normalized spacial score (nSPS) is 10.6. The quantitative estimate of drug-likeness (QED) is 0.629. The van der Waals surface area contributed by atoms with Crippen molar-refractivity contribution in [1.29, 1.82) is 0 Å². The summed E-state index contributed by atoms with van der Waals surface area (Å²) >= 11 is 0. The summed E-state index contributed by atoms with van der Waals surface area (Å²) in [6, 6.07) is 21.1. The van der Waals surface area contributed by atoms with E-state index in [1.165, 1.54) is 11.1 Å². The summed E-state index contributed by atoms with van der Waals surface area (Å²) in [5, 5.41) is 0. The van der Waals surface area contributed by atoms with Gasteiger partial charge in [-0.25, -0.2) is 0 Å². The summed E-state index contributed by atoms with van der Waals surface area (Å²) in [6.45, 7) is 0. The maximum Gasteiger partial charge on any atom is 2.00 e. The largest absolute Gasteiger partial charge is 2.00 e. The van der Waals surface area contributed by atoms with Crippen LogP contribution in [0.1, 0.15) is 11.1 Å². The first-order valence-electron chi connectivity index (χ1n) is 5.62. The van der Waals surface area contributed by atoms with Crippen LogP contribution >= 0.6 is 16.5 Å². The molecule has 8 heteroatoms. The van der Waals surface area contributed by atoms with E-state index in [9.17, 15) is 18.9 Å². The van der Waals surface area contributed by atoms with Crippen molar-refractivity contribution in [3.63, 3.8) is 0 Å². The van der Waals surface area contributed by atoms with E-state index in [2.05, 4.69) is 65.0 Å². The molecule has 2 aromatic rings. The van der Waals surface area contributed by atoms with Crippen LogP contribution in [0.15, 0.2) is 60.7 Å². The number of benzene rings is 2. The minimum absolute atomic E-state index is 0. The van der Waals surface area contributed by atoms with Gasteiger partial charge in [0.1, 0.15) is 4.31 Å². The Morgan fingerprint density at radius 1 is 0.762 bits per heavy atom. The monoisotopic (exact) mass is 334 g/mol. The standard InChI is InChI=1S/C13H12.Mg.O5P2/c1-3-7-12(8-4-1)11-13-9-5-2-6-10-13;;1-6(2)5-7(3)4/h1-10H,11H2;;/q;+2;. The van der Waals surface area contributed by atoms with Gasteiger partial charge in [-0.2, -0.15) is 0 Å². The number of rotatable bonds is 4. The van der Waals surface area contributed by atoms with Crippen LogP contribution in [0.2, 0.25) is 0 Å². The van der Waals surface area contributed by atoms with Crippen molar-refractivity contribution in [3.05, 3.63) is 71.8 Å². The van der Waals surface area contributed by atoms with E-state index in [0.29, 0.717) is 0 Å². The van der Waals surface area contributed by atoms with Crippen molar-refractivity contribution in [2.45, 2.75) is 6.42 Å². The Balaban J connectivity index is 0.000000436. The molecule has 5 nitrogen and oxygen atoms in total. The van der Waals surface area contributed by atoms with Gasteiger partial charge in [0, 0.05) is 0 Å². The van der Waals surface area contributed by atoms with E-state index in [1.54, 1.807) is 0 Å². The molecule has 0 N–H and O–H groups in total. The second-order valence-corrected chi connectivity index (χ2v) is 5.22. The van der Waals surface area contributed by atoms with Gasteiger partial charge in [-0.15, -0.1) is 0 Å². The van der Waals surface area contributed by atoms with E-state index >= 15 is 0 Å². The minimum atomic E-state index is -3.24. The van der Waals surface area contributed by atoms with Crippen molar-refractivity contribution >= 4 is 39.6 Å². The molecule has 0 amide bonds. The molecular weight excluding hydrogens is 322 g/mol. The van der Waals surface area contributed by atoms with Gasteiger partial charge < -0.3 is 9.79 Å². The molecule has 2 atom stereocenters. The third-order valence-electron chi connectivity index (χ3n) is 2.23.